The van der Waals surface area contributed by atoms with Crippen LogP contribution in [0.1, 0.15) is 31.5 Å². The Morgan fingerprint density at radius 3 is 2.68 bits per heavy atom. The molecule has 1 atom stereocenters. The number of nitrogens with zero attached hydrogens (tertiary/aromatic N) is 1. The molecule has 19 heavy (non-hydrogen) atoms. The van der Waals surface area contributed by atoms with Gasteiger partial charge in [-0.05, 0) is 25.0 Å². The number of hydrogen-bond acceptors (Lipinski definition) is 3. The second-order valence-electron chi connectivity index (χ2n) is 5.00. The van der Waals surface area contributed by atoms with Gasteiger partial charge in [0.1, 0.15) is 17.7 Å². The highest BCUT2D eigenvalue weighted by molar-refractivity contribution is 5.64. The minimum Gasteiger partial charge on any atom is -0.497 e. The van der Waals surface area contributed by atoms with Crippen LogP contribution in [0.25, 0.3) is 11.3 Å². The van der Waals surface area contributed by atoms with Gasteiger partial charge in [0.15, 0.2) is 0 Å². The summed E-state index contributed by atoms with van der Waals surface area (Å²) in [4.78, 5) is 7.64. The van der Waals surface area contributed by atoms with Gasteiger partial charge in [0.25, 0.3) is 0 Å². The average Bonchev–Trinajstić information content (AvgIpc) is 2.79. The van der Waals surface area contributed by atoms with E-state index in [-0.39, 0.29) is 5.92 Å². The molecule has 2 N–H and O–H groups in total. The van der Waals surface area contributed by atoms with Gasteiger partial charge < -0.3 is 14.8 Å². The number of rotatable bonds is 4. The van der Waals surface area contributed by atoms with Crippen LogP contribution in [0, 0.1) is 12.8 Å². The van der Waals surface area contributed by atoms with Crippen molar-refractivity contribution in [3.05, 3.63) is 35.8 Å². The molecular weight excluding hydrogens is 240 g/mol. The number of H-pyrrole nitrogens is 1. The molecule has 102 valence electrons. The highest BCUT2D eigenvalue weighted by Gasteiger charge is 2.21. The topological polar surface area (TPSA) is 58.1 Å². The fourth-order valence-electron chi connectivity index (χ4n) is 2.04. The van der Waals surface area contributed by atoms with Crippen LogP contribution in [0.4, 0.5) is 0 Å². The average molecular weight is 260 g/mol. The Kier molecular flexibility index (Phi) is 3.90. The standard InChI is InChI=1S/C15H20N2O2/c1-9(2)15(18)14-13(16-10(3)17-14)11-6-5-7-12(8-11)19-4/h5-9,15,18H,1-4H3,(H,16,17). The van der Waals surface area contributed by atoms with Gasteiger partial charge >= 0.3 is 0 Å². The molecule has 1 heterocycles. The van der Waals surface area contributed by atoms with Crippen LogP contribution in [0.15, 0.2) is 24.3 Å². The Balaban J connectivity index is 2.49. The molecule has 1 aromatic carbocycles. The lowest BCUT2D eigenvalue weighted by Gasteiger charge is -2.14. The molecule has 4 heteroatoms. The van der Waals surface area contributed by atoms with E-state index in [0.29, 0.717) is 5.69 Å². The third kappa shape index (κ3) is 2.79. The Hall–Kier alpha value is -1.81. The summed E-state index contributed by atoms with van der Waals surface area (Å²) in [6.07, 6.45) is -0.578. The van der Waals surface area contributed by atoms with Gasteiger partial charge in [0.05, 0.1) is 18.5 Å². The van der Waals surface area contributed by atoms with Gasteiger partial charge in [0.2, 0.25) is 0 Å². The Morgan fingerprint density at radius 1 is 1.32 bits per heavy atom. The zero-order valence-corrected chi connectivity index (χ0v) is 11.8. The molecule has 0 aliphatic heterocycles. The van der Waals surface area contributed by atoms with E-state index in [9.17, 15) is 5.11 Å². The molecule has 0 saturated carbocycles. The molecule has 1 aromatic heterocycles. The van der Waals surface area contributed by atoms with Crippen molar-refractivity contribution in [2.75, 3.05) is 7.11 Å². The lowest BCUT2D eigenvalue weighted by Crippen LogP contribution is -2.07. The van der Waals surface area contributed by atoms with Crippen molar-refractivity contribution in [2.45, 2.75) is 26.9 Å². The van der Waals surface area contributed by atoms with Crippen molar-refractivity contribution >= 4 is 0 Å². The molecule has 2 rings (SSSR count). The fraction of sp³-hybridized carbons (Fsp3) is 0.400. The first-order valence-corrected chi connectivity index (χ1v) is 6.42. The number of imidazole rings is 1. The van der Waals surface area contributed by atoms with Gasteiger partial charge in [-0.1, -0.05) is 26.0 Å². The van der Waals surface area contributed by atoms with Crippen molar-refractivity contribution in [1.82, 2.24) is 9.97 Å². The second kappa shape index (κ2) is 5.45. The lowest BCUT2D eigenvalue weighted by atomic mass is 10.00. The van der Waals surface area contributed by atoms with E-state index in [1.807, 2.05) is 45.0 Å². The van der Waals surface area contributed by atoms with Crippen LogP contribution in [-0.4, -0.2) is 22.2 Å². The predicted octanol–water partition coefficient (Wildman–Crippen LogP) is 3.08. The van der Waals surface area contributed by atoms with E-state index in [1.165, 1.54) is 0 Å². The maximum Gasteiger partial charge on any atom is 0.119 e. The minimum atomic E-state index is -0.578. The van der Waals surface area contributed by atoms with E-state index in [2.05, 4.69) is 9.97 Å². The van der Waals surface area contributed by atoms with Crippen molar-refractivity contribution in [3.63, 3.8) is 0 Å². The molecule has 0 bridgehead atoms. The molecule has 4 nitrogen and oxygen atoms in total. The minimum absolute atomic E-state index is 0.118. The maximum absolute atomic E-state index is 10.3. The quantitative estimate of drug-likeness (QED) is 0.888. The first-order chi connectivity index (χ1) is 9.02. The van der Waals surface area contributed by atoms with Gasteiger partial charge in [0, 0.05) is 5.56 Å². The van der Waals surface area contributed by atoms with E-state index in [1.54, 1.807) is 7.11 Å². The van der Waals surface area contributed by atoms with Crippen molar-refractivity contribution < 1.29 is 9.84 Å². The summed E-state index contributed by atoms with van der Waals surface area (Å²) in [6.45, 7) is 5.84. The summed E-state index contributed by atoms with van der Waals surface area (Å²) < 4.78 is 5.23. The van der Waals surface area contributed by atoms with E-state index >= 15 is 0 Å². The van der Waals surface area contributed by atoms with Gasteiger partial charge in [-0.3, -0.25) is 0 Å². The fourth-order valence-corrected chi connectivity index (χ4v) is 2.04. The van der Waals surface area contributed by atoms with Crippen LogP contribution >= 0.6 is 0 Å². The Bertz CT molecular complexity index is 561. The number of aromatic amines is 1. The number of nitrogens with one attached hydrogen (secondary N) is 1. The summed E-state index contributed by atoms with van der Waals surface area (Å²) in [6, 6.07) is 7.73. The second-order valence-corrected chi connectivity index (χ2v) is 5.00. The van der Waals surface area contributed by atoms with Crippen molar-refractivity contribution in [3.8, 4) is 17.0 Å². The molecule has 2 aromatic rings. The van der Waals surface area contributed by atoms with Crippen LogP contribution in [0.5, 0.6) is 5.75 Å². The summed E-state index contributed by atoms with van der Waals surface area (Å²) in [5, 5.41) is 10.3. The number of benzene rings is 1. The first-order valence-electron chi connectivity index (χ1n) is 6.42. The predicted molar refractivity (Wildman–Crippen MR) is 75.1 cm³/mol. The van der Waals surface area contributed by atoms with Crippen LogP contribution in [0.2, 0.25) is 0 Å². The van der Waals surface area contributed by atoms with Crippen molar-refractivity contribution in [2.24, 2.45) is 5.92 Å². The number of ether oxygens (including phenoxy) is 1. The first kappa shape index (κ1) is 13.6. The smallest absolute Gasteiger partial charge is 0.119 e. The highest BCUT2D eigenvalue weighted by atomic mass is 16.5. The largest absolute Gasteiger partial charge is 0.497 e. The van der Waals surface area contributed by atoms with Crippen LogP contribution in [0.3, 0.4) is 0 Å². The zero-order valence-electron chi connectivity index (χ0n) is 11.8. The number of aliphatic hydroxyl groups is 1. The molecule has 0 saturated heterocycles. The molecule has 0 aliphatic carbocycles. The molecule has 1 unspecified atom stereocenters. The number of methoxy groups -OCH3 is 1. The molecule has 0 aliphatic rings. The number of aryl methyl sites for hydroxylation is 1. The van der Waals surface area contributed by atoms with Crippen molar-refractivity contribution in [1.29, 1.82) is 0 Å². The summed E-state index contributed by atoms with van der Waals surface area (Å²) in [5.41, 5.74) is 2.52. The summed E-state index contributed by atoms with van der Waals surface area (Å²) in [5.74, 6) is 1.70. The van der Waals surface area contributed by atoms with E-state index in [0.717, 1.165) is 22.8 Å². The SMILES string of the molecule is COc1cccc(-c2[nH]c(C)nc2C(O)C(C)C)c1. The van der Waals surface area contributed by atoms with Gasteiger partial charge in [-0.2, -0.15) is 0 Å². The molecule has 0 spiro atoms. The van der Waals surface area contributed by atoms with E-state index in [4.69, 9.17) is 4.74 Å². The maximum atomic E-state index is 10.3. The molecule has 0 fully saturated rings. The Morgan fingerprint density at radius 2 is 2.05 bits per heavy atom. The monoisotopic (exact) mass is 260 g/mol. The number of hydrogen-bond donors (Lipinski definition) is 2. The van der Waals surface area contributed by atoms with Crippen LogP contribution < -0.4 is 4.74 Å². The third-order valence-electron chi connectivity index (χ3n) is 3.12. The zero-order chi connectivity index (χ0) is 14.0. The van der Waals surface area contributed by atoms with Gasteiger partial charge in [-0.25, -0.2) is 4.98 Å². The van der Waals surface area contributed by atoms with Gasteiger partial charge in [-0.15, -0.1) is 0 Å². The number of aliphatic hydroxyl groups excluding tert-OH is 1. The Labute approximate surface area is 113 Å². The van der Waals surface area contributed by atoms with E-state index < -0.39 is 6.10 Å². The molecule has 0 amide bonds. The highest BCUT2D eigenvalue weighted by Crippen LogP contribution is 2.31. The summed E-state index contributed by atoms with van der Waals surface area (Å²) >= 11 is 0. The van der Waals surface area contributed by atoms with Crippen LogP contribution in [-0.2, 0) is 0 Å². The number of aromatic nitrogens is 2. The molecular formula is C15H20N2O2. The normalized spacial score (nSPS) is 12.7. The summed E-state index contributed by atoms with van der Waals surface area (Å²) in [7, 11) is 1.64. The third-order valence-corrected chi connectivity index (χ3v) is 3.12. The molecule has 0 radical (unpaired) electrons. The lowest BCUT2D eigenvalue weighted by molar-refractivity contribution is 0.123.